The van der Waals surface area contributed by atoms with Gasteiger partial charge in [0.05, 0.1) is 12.7 Å². The highest BCUT2D eigenvalue weighted by Crippen LogP contribution is 2.13. The molecule has 0 spiro atoms. The number of aliphatic hydroxyl groups excluding tert-OH is 1. The molecule has 2 amide bonds. The van der Waals surface area contributed by atoms with E-state index in [1.54, 1.807) is 61.5 Å². The van der Waals surface area contributed by atoms with Crippen molar-refractivity contribution in [2.24, 2.45) is 0 Å². The third-order valence-corrected chi connectivity index (χ3v) is 4.55. The van der Waals surface area contributed by atoms with E-state index < -0.39 is 29.9 Å². The first-order valence-electron chi connectivity index (χ1n) is 9.31. The largest absolute Gasteiger partial charge is 0.464 e. The molecule has 0 saturated heterocycles. The minimum Gasteiger partial charge on any atom is -0.464 e. The first-order valence-corrected chi connectivity index (χ1v) is 10.1. The van der Waals surface area contributed by atoms with E-state index >= 15 is 0 Å². The van der Waals surface area contributed by atoms with Crippen LogP contribution in [0.3, 0.4) is 0 Å². The number of aliphatic hydroxyl groups is 1. The van der Waals surface area contributed by atoms with Crippen LogP contribution < -0.4 is 10.6 Å². The van der Waals surface area contributed by atoms with Crippen LogP contribution in [0.4, 0.5) is 0 Å². The maximum absolute atomic E-state index is 12.9. The van der Waals surface area contributed by atoms with E-state index in [-0.39, 0.29) is 12.3 Å². The standard InChI is InChI=1S/C22H23BrN2O5/c1-3-30-22(29)19(14(2)26)25-21(28)18(13-15-9-11-17(23)12-10-15)24-20(27)16-7-5-4-6-8-16/h4-14,19,26H,3H2,1-2H3,(H,24,27)(H,25,28)/b18-13-/t14-,19-/m1/s1. The van der Waals surface area contributed by atoms with Gasteiger partial charge in [0.25, 0.3) is 11.8 Å². The summed E-state index contributed by atoms with van der Waals surface area (Å²) in [4.78, 5) is 37.5. The molecule has 3 N–H and O–H groups in total. The van der Waals surface area contributed by atoms with Crippen molar-refractivity contribution in [3.05, 3.63) is 75.9 Å². The number of carbonyl (C=O) groups is 3. The van der Waals surface area contributed by atoms with Crippen molar-refractivity contribution in [2.45, 2.75) is 26.0 Å². The van der Waals surface area contributed by atoms with Crippen molar-refractivity contribution in [2.75, 3.05) is 6.61 Å². The number of amides is 2. The Bertz CT molecular complexity index is 911. The van der Waals surface area contributed by atoms with Gasteiger partial charge < -0.3 is 20.5 Å². The Morgan fingerprint density at radius 2 is 1.73 bits per heavy atom. The summed E-state index contributed by atoms with van der Waals surface area (Å²) in [5.41, 5.74) is 0.937. The van der Waals surface area contributed by atoms with Gasteiger partial charge in [0.2, 0.25) is 0 Å². The van der Waals surface area contributed by atoms with Crippen molar-refractivity contribution >= 4 is 39.8 Å². The fraction of sp³-hybridized carbons (Fsp3) is 0.227. The SMILES string of the molecule is CCOC(=O)[C@H](NC(=O)/C(=C/c1ccc(Br)cc1)NC(=O)c1ccccc1)[C@@H](C)O. The lowest BCUT2D eigenvalue weighted by atomic mass is 10.1. The van der Waals surface area contributed by atoms with Gasteiger partial charge in [-0.1, -0.05) is 46.3 Å². The van der Waals surface area contributed by atoms with Gasteiger partial charge in [-0.3, -0.25) is 9.59 Å². The summed E-state index contributed by atoms with van der Waals surface area (Å²) in [5.74, 6) is -1.99. The molecule has 0 radical (unpaired) electrons. The summed E-state index contributed by atoms with van der Waals surface area (Å²) in [6, 6.07) is 14.2. The third kappa shape index (κ3) is 6.82. The highest BCUT2D eigenvalue weighted by atomic mass is 79.9. The van der Waals surface area contributed by atoms with Crippen molar-refractivity contribution < 1.29 is 24.2 Å². The quantitative estimate of drug-likeness (QED) is 0.402. The summed E-state index contributed by atoms with van der Waals surface area (Å²) < 4.78 is 5.76. The summed E-state index contributed by atoms with van der Waals surface area (Å²) >= 11 is 3.34. The Hall–Kier alpha value is -2.97. The highest BCUT2D eigenvalue weighted by Gasteiger charge is 2.28. The van der Waals surface area contributed by atoms with E-state index in [9.17, 15) is 19.5 Å². The number of carbonyl (C=O) groups excluding carboxylic acids is 3. The minimum atomic E-state index is -1.28. The smallest absolute Gasteiger partial charge is 0.331 e. The molecule has 2 rings (SSSR count). The predicted octanol–water partition coefficient (Wildman–Crippen LogP) is 2.65. The second-order valence-corrected chi connectivity index (χ2v) is 7.29. The predicted molar refractivity (Wildman–Crippen MR) is 116 cm³/mol. The molecule has 0 fully saturated rings. The van der Waals surface area contributed by atoms with Crippen LogP contribution in [0, 0.1) is 0 Å². The molecule has 158 valence electrons. The highest BCUT2D eigenvalue weighted by molar-refractivity contribution is 9.10. The Morgan fingerprint density at radius 1 is 1.10 bits per heavy atom. The average molecular weight is 475 g/mol. The number of ether oxygens (including phenoxy) is 1. The van der Waals surface area contributed by atoms with Gasteiger partial charge in [-0.25, -0.2) is 4.79 Å². The van der Waals surface area contributed by atoms with Gasteiger partial charge in [0, 0.05) is 10.0 Å². The van der Waals surface area contributed by atoms with E-state index in [1.165, 1.54) is 13.0 Å². The van der Waals surface area contributed by atoms with Crippen LogP contribution in [0.5, 0.6) is 0 Å². The van der Waals surface area contributed by atoms with Gasteiger partial charge in [0.1, 0.15) is 5.70 Å². The van der Waals surface area contributed by atoms with Crippen molar-refractivity contribution in [1.82, 2.24) is 10.6 Å². The molecular weight excluding hydrogens is 452 g/mol. The van der Waals surface area contributed by atoms with Gasteiger partial charge >= 0.3 is 5.97 Å². The lowest BCUT2D eigenvalue weighted by molar-refractivity contribution is -0.150. The topological polar surface area (TPSA) is 105 Å². The van der Waals surface area contributed by atoms with Crippen LogP contribution in [0.2, 0.25) is 0 Å². The molecule has 2 aromatic carbocycles. The zero-order valence-electron chi connectivity index (χ0n) is 16.6. The summed E-state index contributed by atoms with van der Waals surface area (Å²) in [5, 5.41) is 14.9. The van der Waals surface area contributed by atoms with E-state index in [0.717, 1.165) is 4.47 Å². The van der Waals surface area contributed by atoms with Gasteiger partial charge in [-0.15, -0.1) is 0 Å². The fourth-order valence-corrected chi connectivity index (χ4v) is 2.76. The van der Waals surface area contributed by atoms with Gasteiger partial charge in [-0.2, -0.15) is 0 Å². The first-order chi connectivity index (χ1) is 14.3. The molecular formula is C22H23BrN2O5. The van der Waals surface area contributed by atoms with Crippen LogP contribution in [0.25, 0.3) is 6.08 Å². The number of nitrogens with one attached hydrogen (secondary N) is 2. The monoisotopic (exact) mass is 474 g/mol. The van der Waals surface area contributed by atoms with Crippen LogP contribution in [-0.4, -0.2) is 41.6 Å². The molecule has 7 nitrogen and oxygen atoms in total. The maximum atomic E-state index is 12.9. The minimum absolute atomic E-state index is 0.0823. The second-order valence-electron chi connectivity index (χ2n) is 6.37. The number of hydrogen-bond acceptors (Lipinski definition) is 5. The van der Waals surface area contributed by atoms with Crippen molar-refractivity contribution in [3.63, 3.8) is 0 Å². The lowest BCUT2D eigenvalue weighted by Crippen LogP contribution is -2.50. The van der Waals surface area contributed by atoms with Gasteiger partial charge in [-0.05, 0) is 49.8 Å². The Morgan fingerprint density at radius 3 is 2.30 bits per heavy atom. The normalized spacial score (nSPS) is 13.1. The zero-order valence-corrected chi connectivity index (χ0v) is 18.2. The van der Waals surface area contributed by atoms with Crippen LogP contribution in [0.1, 0.15) is 29.8 Å². The lowest BCUT2D eigenvalue weighted by Gasteiger charge is -2.20. The van der Waals surface area contributed by atoms with Crippen LogP contribution in [-0.2, 0) is 14.3 Å². The average Bonchev–Trinajstić information content (AvgIpc) is 2.73. The third-order valence-electron chi connectivity index (χ3n) is 4.02. The molecule has 0 aliphatic heterocycles. The molecule has 8 heteroatoms. The molecule has 0 aliphatic carbocycles. The molecule has 2 aromatic rings. The van der Waals surface area contributed by atoms with Crippen LogP contribution >= 0.6 is 15.9 Å². The van der Waals surface area contributed by atoms with Crippen LogP contribution in [0.15, 0.2) is 64.8 Å². The number of hydrogen-bond donors (Lipinski definition) is 3. The second kappa shape index (κ2) is 11.3. The fourth-order valence-electron chi connectivity index (χ4n) is 2.50. The Kier molecular flexibility index (Phi) is 8.76. The van der Waals surface area contributed by atoms with Crippen molar-refractivity contribution in [3.8, 4) is 0 Å². The maximum Gasteiger partial charge on any atom is 0.331 e. The molecule has 0 saturated carbocycles. The summed E-state index contributed by atoms with van der Waals surface area (Å²) in [7, 11) is 0. The molecule has 0 unspecified atom stereocenters. The molecule has 0 bridgehead atoms. The van der Waals surface area contributed by atoms with E-state index in [0.29, 0.717) is 11.1 Å². The molecule has 30 heavy (non-hydrogen) atoms. The number of esters is 1. The molecule has 0 aliphatic rings. The number of halogens is 1. The Labute approximate surface area is 183 Å². The van der Waals surface area contributed by atoms with Crippen molar-refractivity contribution in [1.29, 1.82) is 0 Å². The molecule has 2 atom stereocenters. The zero-order chi connectivity index (χ0) is 22.1. The van der Waals surface area contributed by atoms with E-state index in [1.807, 2.05) is 0 Å². The molecule has 0 heterocycles. The number of benzene rings is 2. The molecule has 0 aromatic heterocycles. The number of rotatable bonds is 8. The summed E-state index contributed by atoms with van der Waals surface area (Å²) in [6.07, 6.45) is 0.291. The first kappa shape index (κ1) is 23.3. The van der Waals surface area contributed by atoms with E-state index in [4.69, 9.17) is 4.74 Å². The Balaban J connectivity index is 2.31. The van der Waals surface area contributed by atoms with Gasteiger partial charge in [0.15, 0.2) is 6.04 Å². The van der Waals surface area contributed by atoms with E-state index in [2.05, 4.69) is 26.6 Å². The summed E-state index contributed by atoms with van der Waals surface area (Å²) in [6.45, 7) is 3.09.